The lowest BCUT2D eigenvalue weighted by atomic mass is 9.89. The third-order valence-corrected chi connectivity index (χ3v) is 3.56. The lowest BCUT2D eigenvalue weighted by Gasteiger charge is -2.22. The van der Waals surface area contributed by atoms with Crippen LogP contribution in [0.4, 0.5) is 4.39 Å². The maximum absolute atomic E-state index is 13.2. The molecule has 2 unspecified atom stereocenters. The second-order valence-electron chi connectivity index (χ2n) is 4.93. The Kier molecular flexibility index (Phi) is 6.91. The van der Waals surface area contributed by atoms with Crippen LogP contribution in [0.3, 0.4) is 0 Å². The summed E-state index contributed by atoms with van der Waals surface area (Å²) in [6, 6.07) is 6.74. The van der Waals surface area contributed by atoms with E-state index in [1.165, 1.54) is 25.3 Å². The van der Waals surface area contributed by atoms with Crippen LogP contribution in [0.15, 0.2) is 24.3 Å². The van der Waals surface area contributed by atoms with Crippen LogP contribution >= 0.6 is 0 Å². The summed E-state index contributed by atoms with van der Waals surface area (Å²) in [6.07, 6.45) is 5.81. The third kappa shape index (κ3) is 4.75. The van der Waals surface area contributed by atoms with E-state index in [1.807, 2.05) is 6.07 Å². The largest absolute Gasteiger partial charge is 0.271 e. The molecule has 0 amide bonds. The second-order valence-corrected chi connectivity index (χ2v) is 4.93. The first kappa shape index (κ1) is 15.1. The summed E-state index contributed by atoms with van der Waals surface area (Å²) >= 11 is 0. The first-order chi connectivity index (χ1) is 8.71. The minimum Gasteiger partial charge on any atom is -0.271 e. The van der Waals surface area contributed by atoms with Gasteiger partial charge in [0, 0.05) is 6.04 Å². The first-order valence-corrected chi connectivity index (χ1v) is 6.92. The topological polar surface area (TPSA) is 38.0 Å². The van der Waals surface area contributed by atoms with E-state index in [9.17, 15) is 4.39 Å². The number of hydrazine groups is 1. The first-order valence-electron chi connectivity index (χ1n) is 6.92. The van der Waals surface area contributed by atoms with Gasteiger partial charge in [-0.1, -0.05) is 51.7 Å². The lowest BCUT2D eigenvalue weighted by molar-refractivity contribution is 0.356. The van der Waals surface area contributed by atoms with E-state index in [0.29, 0.717) is 5.92 Å². The molecule has 0 saturated heterocycles. The monoisotopic (exact) mass is 252 g/mol. The summed E-state index contributed by atoms with van der Waals surface area (Å²) in [5.74, 6) is 6.06. The smallest absolute Gasteiger partial charge is 0.123 e. The molecule has 2 nitrogen and oxygen atoms in total. The van der Waals surface area contributed by atoms with Crippen LogP contribution in [0.1, 0.15) is 57.6 Å². The Labute approximate surface area is 110 Å². The van der Waals surface area contributed by atoms with E-state index in [1.54, 1.807) is 12.1 Å². The molecular weight excluding hydrogens is 227 g/mol. The molecule has 0 aromatic heterocycles. The zero-order chi connectivity index (χ0) is 13.4. The Bertz CT molecular complexity index is 341. The van der Waals surface area contributed by atoms with Crippen LogP contribution in [0.2, 0.25) is 0 Å². The summed E-state index contributed by atoms with van der Waals surface area (Å²) in [5, 5.41) is 0. The quantitative estimate of drug-likeness (QED) is 0.543. The molecule has 2 atom stereocenters. The molecule has 0 heterocycles. The van der Waals surface area contributed by atoms with E-state index in [2.05, 4.69) is 19.3 Å². The van der Waals surface area contributed by atoms with Crippen molar-refractivity contribution in [1.29, 1.82) is 0 Å². The highest BCUT2D eigenvalue weighted by Crippen LogP contribution is 2.26. The molecular formula is C15H25FN2. The van der Waals surface area contributed by atoms with Crippen LogP contribution in [0.25, 0.3) is 0 Å². The van der Waals surface area contributed by atoms with Crippen molar-refractivity contribution in [2.75, 3.05) is 0 Å². The summed E-state index contributed by atoms with van der Waals surface area (Å²) in [6.45, 7) is 4.41. The van der Waals surface area contributed by atoms with E-state index in [-0.39, 0.29) is 11.9 Å². The fraction of sp³-hybridized carbons (Fsp3) is 0.600. The molecule has 0 aliphatic heterocycles. The van der Waals surface area contributed by atoms with Crippen molar-refractivity contribution in [3.05, 3.63) is 35.6 Å². The predicted octanol–water partition coefficient (Wildman–Crippen LogP) is 3.94. The van der Waals surface area contributed by atoms with E-state index >= 15 is 0 Å². The number of unbranched alkanes of at least 4 members (excludes halogenated alkanes) is 1. The van der Waals surface area contributed by atoms with Gasteiger partial charge in [0.1, 0.15) is 5.82 Å². The van der Waals surface area contributed by atoms with Crippen LogP contribution in [0, 0.1) is 11.7 Å². The Morgan fingerprint density at radius 3 is 2.67 bits per heavy atom. The summed E-state index contributed by atoms with van der Waals surface area (Å²) < 4.78 is 13.2. The molecule has 1 rings (SSSR count). The number of hydrogen-bond donors (Lipinski definition) is 2. The van der Waals surface area contributed by atoms with Gasteiger partial charge in [-0.05, 0) is 30.0 Å². The van der Waals surface area contributed by atoms with Crippen molar-refractivity contribution in [3.8, 4) is 0 Å². The van der Waals surface area contributed by atoms with Crippen LogP contribution in [-0.4, -0.2) is 0 Å². The Morgan fingerprint density at radius 1 is 1.33 bits per heavy atom. The molecule has 102 valence electrons. The van der Waals surface area contributed by atoms with Crippen LogP contribution in [-0.2, 0) is 0 Å². The molecule has 0 saturated carbocycles. The fourth-order valence-electron chi connectivity index (χ4n) is 2.34. The van der Waals surface area contributed by atoms with Crippen molar-refractivity contribution >= 4 is 0 Å². The van der Waals surface area contributed by atoms with Gasteiger partial charge in [0.25, 0.3) is 0 Å². The van der Waals surface area contributed by atoms with Gasteiger partial charge in [0.05, 0.1) is 0 Å². The van der Waals surface area contributed by atoms with Gasteiger partial charge in [-0.2, -0.15) is 0 Å². The van der Waals surface area contributed by atoms with Crippen molar-refractivity contribution in [1.82, 2.24) is 5.43 Å². The molecule has 0 spiro atoms. The fourth-order valence-corrected chi connectivity index (χ4v) is 2.34. The van der Waals surface area contributed by atoms with Gasteiger partial charge in [0.15, 0.2) is 0 Å². The number of halogens is 1. The van der Waals surface area contributed by atoms with Crippen molar-refractivity contribution in [3.63, 3.8) is 0 Å². The molecule has 1 aromatic carbocycles. The van der Waals surface area contributed by atoms with E-state index in [4.69, 9.17) is 5.84 Å². The molecule has 3 N–H and O–H groups in total. The Balaban J connectivity index is 2.65. The summed E-state index contributed by atoms with van der Waals surface area (Å²) in [5.41, 5.74) is 3.76. The average Bonchev–Trinajstić information content (AvgIpc) is 2.39. The van der Waals surface area contributed by atoms with Crippen LogP contribution < -0.4 is 11.3 Å². The van der Waals surface area contributed by atoms with Gasteiger partial charge in [-0.15, -0.1) is 0 Å². The number of nitrogens with two attached hydrogens (primary N) is 1. The summed E-state index contributed by atoms with van der Waals surface area (Å²) in [7, 11) is 0. The molecule has 0 bridgehead atoms. The van der Waals surface area contributed by atoms with Crippen molar-refractivity contribution in [2.24, 2.45) is 11.8 Å². The van der Waals surface area contributed by atoms with Crippen LogP contribution in [0.5, 0.6) is 0 Å². The minimum atomic E-state index is -0.200. The zero-order valence-corrected chi connectivity index (χ0v) is 11.5. The minimum absolute atomic E-state index is 0.0440. The molecule has 1 aromatic rings. The standard InChI is InChI=1S/C15H25FN2/c1-3-5-7-12(4-2)10-15(18-17)13-8-6-9-14(16)11-13/h6,8-9,11-12,15,18H,3-5,7,10,17H2,1-2H3. The molecule has 0 radical (unpaired) electrons. The molecule has 18 heavy (non-hydrogen) atoms. The van der Waals surface area contributed by atoms with Gasteiger partial charge in [-0.3, -0.25) is 11.3 Å². The third-order valence-electron chi connectivity index (χ3n) is 3.56. The molecule has 3 heteroatoms. The maximum Gasteiger partial charge on any atom is 0.123 e. The van der Waals surface area contributed by atoms with E-state index < -0.39 is 0 Å². The highest BCUT2D eigenvalue weighted by atomic mass is 19.1. The van der Waals surface area contributed by atoms with Gasteiger partial charge in [0.2, 0.25) is 0 Å². The number of nitrogens with one attached hydrogen (secondary N) is 1. The number of benzene rings is 1. The molecule has 0 aliphatic rings. The van der Waals surface area contributed by atoms with Gasteiger partial charge in [-0.25, -0.2) is 4.39 Å². The second kappa shape index (κ2) is 8.22. The Hall–Kier alpha value is -0.930. The van der Waals surface area contributed by atoms with E-state index in [0.717, 1.165) is 18.4 Å². The highest BCUT2D eigenvalue weighted by molar-refractivity contribution is 5.20. The number of hydrogen-bond acceptors (Lipinski definition) is 2. The Morgan fingerprint density at radius 2 is 2.11 bits per heavy atom. The van der Waals surface area contributed by atoms with Crippen molar-refractivity contribution in [2.45, 2.75) is 52.0 Å². The van der Waals surface area contributed by atoms with Gasteiger partial charge >= 0.3 is 0 Å². The lowest BCUT2D eigenvalue weighted by Crippen LogP contribution is -2.29. The number of rotatable bonds is 8. The summed E-state index contributed by atoms with van der Waals surface area (Å²) in [4.78, 5) is 0. The molecule has 0 fully saturated rings. The molecule has 0 aliphatic carbocycles. The predicted molar refractivity (Wildman–Crippen MR) is 74.4 cm³/mol. The van der Waals surface area contributed by atoms with Crippen molar-refractivity contribution < 1.29 is 4.39 Å². The SMILES string of the molecule is CCCCC(CC)CC(NN)c1cccc(F)c1. The van der Waals surface area contributed by atoms with Gasteiger partial charge < -0.3 is 0 Å². The normalized spacial score (nSPS) is 14.4. The maximum atomic E-state index is 13.2. The zero-order valence-electron chi connectivity index (χ0n) is 11.5. The highest BCUT2D eigenvalue weighted by Gasteiger charge is 2.16. The average molecular weight is 252 g/mol.